The zero-order chi connectivity index (χ0) is 20.3. The second-order valence-electron chi connectivity index (χ2n) is 6.27. The van der Waals surface area contributed by atoms with Crippen molar-refractivity contribution in [1.82, 2.24) is 20.7 Å². The summed E-state index contributed by atoms with van der Waals surface area (Å²) >= 11 is 0. The molecule has 8 heteroatoms. The first-order chi connectivity index (χ1) is 13.5. The van der Waals surface area contributed by atoms with Crippen molar-refractivity contribution in [2.45, 2.75) is 6.04 Å². The highest BCUT2D eigenvalue weighted by molar-refractivity contribution is 6.08. The molecule has 28 heavy (non-hydrogen) atoms. The van der Waals surface area contributed by atoms with E-state index in [1.807, 2.05) is 30.5 Å². The topological polar surface area (TPSA) is 115 Å². The van der Waals surface area contributed by atoms with E-state index in [1.165, 1.54) is 19.6 Å². The Morgan fingerprint density at radius 1 is 1.00 bits per heavy atom. The van der Waals surface area contributed by atoms with E-state index in [4.69, 9.17) is 5.21 Å². The van der Waals surface area contributed by atoms with Crippen molar-refractivity contribution in [3.8, 4) is 11.1 Å². The minimum atomic E-state index is -1.49. The lowest BCUT2D eigenvalue weighted by Crippen LogP contribution is -2.54. The van der Waals surface area contributed by atoms with Crippen molar-refractivity contribution in [1.29, 1.82) is 0 Å². The van der Waals surface area contributed by atoms with Gasteiger partial charge < -0.3 is 15.2 Å². The fourth-order valence-electron chi connectivity index (χ4n) is 3.03. The van der Waals surface area contributed by atoms with Gasteiger partial charge >= 0.3 is 0 Å². The van der Waals surface area contributed by atoms with Crippen LogP contribution >= 0.6 is 0 Å². The molecule has 0 saturated carbocycles. The van der Waals surface area contributed by atoms with E-state index in [1.54, 1.807) is 24.3 Å². The molecule has 0 fully saturated rings. The molecule has 0 saturated heterocycles. The number of benzene rings is 2. The second-order valence-corrected chi connectivity index (χ2v) is 6.27. The first kappa shape index (κ1) is 19.1. The van der Waals surface area contributed by atoms with E-state index in [0.29, 0.717) is 5.56 Å². The largest absolute Gasteiger partial charge is 0.361 e. The molecule has 0 bridgehead atoms. The molecule has 8 nitrogen and oxygen atoms in total. The summed E-state index contributed by atoms with van der Waals surface area (Å²) in [5.74, 6) is -2.23. The van der Waals surface area contributed by atoms with Gasteiger partial charge in [0, 0.05) is 31.4 Å². The first-order valence-corrected chi connectivity index (χ1v) is 8.56. The molecule has 1 atom stereocenters. The fraction of sp³-hybridized carbons (Fsp3) is 0.150. The number of nitrogens with zero attached hydrogens (tertiary/aromatic N) is 1. The molecule has 3 rings (SSSR count). The molecule has 144 valence electrons. The third-order valence-corrected chi connectivity index (χ3v) is 4.58. The number of aromatic nitrogens is 1. The van der Waals surface area contributed by atoms with Crippen LogP contribution in [-0.4, -0.2) is 52.9 Å². The summed E-state index contributed by atoms with van der Waals surface area (Å²) in [5.41, 5.74) is 4.70. The average Bonchev–Trinajstić information content (AvgIpc) is 3.20. The van der Waals surface area contributed by atoms with E-state index in [9.17, 15) is 14.4 Å². The number of fused-ring (bicyclic) bond motifs is 1. The van der Waals surface area contributed by atoms with Crippen molar-refractivity contribution < 1.29 is 19.6 Å². The lowest BCUT2D eigenvalue weighted by atomic mass is 10.0. The molecule has 1 unspecified atom stereocenters. The molecule has 0 aliphatic rings. The van der Waals surface area contributed by atoms with Gasteiger partial charge in [-0.25, -0.2) is 5.48 Å². The molecule has 3 amide bonds. The van der Waals surface area contributed by atoms with Crippen LogP contribution in [0.5, 0.6) is 0 Å². The number of rotatable bonds is 5. The Labute approximate surface area is 161 Å². The molecule has 1 heterocycles. The van der Waals surface area contributed by atoms with Crippen LogP contribution in [0.4, 0.5) is 0 Å². The summed E-state index contributed by atoms with van der Waals surface area (Å²) in [4.78, 5) is 40.5. The maximum atomic E-state index is 12.7. The van der Waals surface area contributed by atoms with Crippen molar-refractivity contribution in [2.24, 2.45) is 0 Å². The van der Waals surface area contributed by atoms with Gasteiger partial charge in [0.1, 0.15) is 0 Å². The molecule has 1 aromatic heterocycles. The minimum absolute atomic E-state index is 0.314. The van der Waals surface area contributed by atoms with Gasteiger partial charge in [0.05, 0.1) is 0 Å². The van der Waals surface area contributed by atoms with Crippen LogP contribution < -0.4 is 10.8 Å². The third kappa shape index (κ3) is 3.58. The summed E-state index contributed by atoms with van der Waals surface area (Å²) in [6.45, 7) is 0. The molecule has 0 radical (unpaired) electrons. The molecule has 3 aromatic rings. The lowest BCUT2D eigenvalue weighted by molar-refractivity contribution is -0.140. The van der Waals surface area contributed by atoms with Crippen LogP contribution in [0.15, 0.2) is 54.7 Å². The van der Waals surface area contributed by atoms with Crippen LogP contribution in [0.25, 0.3) is 22.0 Å². The summed E-state index contributed by atoms with van der Waals surface area (Å²) in [6.07, 6.45) is 1.87. The Kier molecular flexibility index (Phi) is 5.42. The van der Waals surface area contributed by atoms with Crippen molar-refractivity contribution in [3.63, 3.8) is 0 Å². The molecule has 0 spiro atoms. The van der Waals surface area contributed by atoms with E-state index in [-0.39, 0.29) is 0 Å². The lowest BCUT2D eigenvalue weighted by Gasteiger charge is -2.25. The van der Waals surface area contributed by atoms with Gasteiger partial charge in [0.25, 0.3) is 17.7 Å². The van der Waals surface area contributed by atoms with Gasteiger partial charge in [-0.15, -0.1) is 0 Å². The van der Waals surface area contributed by atoms with E-state index >= 15 is 0 Å². The number of hydrogen-bond acceptors (Lipinski definition) is 4. The number of carbonyl (C=O) groups excluding carboxylic acids is 3. The highest BCUT2D eigenvalue weighted by Gasteiger charge is 2.33. The number of aromatic amines is 1. The quantitative estimate of drug-likeness (QED) is 0.305. The number of amides is 3. The molecular weight excluding hydrogens is 360 g/mol. The third-order valence-electron chi connectivity index (χ3n) is 4.58. The number of carbonyl (C=O) groups is 3. The van der Waals surface area contributed by atoms with Crippen molar-refractivity contribution in [2.75, 3.05) is 14.1 Å². The number of likely N-dealkylation sites (N-methyl/N-ethyl adjacent to an activating group) is 2. The van der Waals surface area contributed by atoms with E-state index in [0.717, 1.165) is 26.9 Å². The highest BCUT2D eigenvalue weighted by Crippen LogP contribution is 2.24. The average molecular weight is 380 g/mol. The first-order valence-electron chi connectivity index (χ1n) is 8.56. The summed E-state index contributed by atoms with van der Waals surface area (Å²) in [6, 6.07) is 13.4. The van der Waals surface area contributed by atoms with Gasteiger partial charge in [0.15, 0.2) is 6.04 Å². The van der Waals surface area contributed by atoms with Crippen LogP contribution in [0.1, 0.15) is 10.4 Å². The Morgan fingerprint density at radius 3 is 2.32 bits per heavy atom. The molecular formula is C20H20N4O4. The second kappa shape index (κ2) is 7.93. The summed E-state index contributed by atoms with van der Waals surface area (Å²) in [5, 5.41) is 12.2. The predicted molar refractivity (Wildman–Crippen MR) is 104 cm³/mol. The number of nitrogens with one attached hydrogen (secondary N) is 3. The standard InChI is InChI=1S/C20H20N4O4/c1-21-18(25)17(19(26)23-28)24(2)20(27)13-5-3-12(4-6-13)14-7-8-16-15(11-14)9-10-22-16/h3-11,17,22,28H,1-2H3,(H,21,25)(H,23,26). The maximum absolute atomic E-state index is 12.7. The maximum Gasteiger partial charge on any atom is 0.275 e. The predicted octanol–water partition coefficient (Wildman–Crippen LogP) is 1.53. The summed E-state index contributed by atoms with van der Waals surface area (Å²) in [7, 11) is 2.67. The van der Waals surface area contributed by atoms with Crippen LogP contribution in [0, 0.1) is 0 Å². The SMILES string of the molecule is CNC(=O)C(C(=O)NO)N(C)C(=O)c1ccc(-c2ccc3[nH]ccc3c2)cc1. The monoisotopic (exact) mass is 380 g/mol. The van der Waals surface area contributed by atoms with Gasteiger partial charge in [-0.3, -0.25) is 19.6 Å². The minimum Gasteiger partial charge on any atom is -0.361 e. The Balaban J connectivity index is 1.84. The molecule has 0 aliphatic heterocycles. The smallest absolute Gasteiger partial charge is 0.275 e. The van der Waals surface area contributed by atoms with Crippen molar-refractivity contribution >= 4 is 28.6 Å². The highest BCUT2D eigenvalue weighted by atomic mass is 16.5. The van der Waals surface area contributed by atoms with Gasteiger partial charge in [-0.05, 0) is 46.8 Å². The van der Waals surface area contributed by atoms with Crippen molar-refractivity contribution in [3.05, 3.63) is 60.3 Å². The van der Waals surface area contributed by atoms with Crippen LogP contribution in [0.2, 0.25) is 0 Å². The van der Waals surface area contributed by atoms with Gasteiger partial charge in [-0.1, -0.05) is 18.2 Å². The molecule has 2 aromatic carbocycles. The van der Waals surface area contributed by atoms with Gasteiger partial charge in [0.2, 0.25) is 0 Å². The van der Waals surface area contributed by atoms with Gasteiger partial charge in [-0.2, -0.15) is 0 Å². The van der Waals surface area contributed by atoms with E-state index < -0.39 is 23.8 Å². The summed E-state index contributed by atoms with van der Waals surface area (Å²) < 4.78 is 0. The number of hydroxylamine groups is 1. The number of hydrogen-bond donors (Lipinski definition) is 4. The Bertz CT molecular complexity index is 1010. The zero-order valence-corrected chi connectivity index (χ0v) is 15.4. The van der Waals surface area contributed by atoms with E-state index in [2.05, 4.69) is 10.3 Å². The molecule has 4 N–H and O–H groups in total. The number of H-pyrrole nitrogens is 1. The Morgan fingerprint density at radius 2 is 1.68 bits per heavy atom. The fourth-order valence-corrected chi connectivity index (χ4v) is 3.03. The van der Waals surface area contributed by atoms with Crippen LogP contribution in [0.3, 0.4) is 0 Å². The Hall–Kier alpha value is -3.65. The molecule has 0 aliphatic carbocycles. The van der Waals surface area contributed by atoms with Crippen LogP contribution in [-0.2, 0) is 9.59 Å². The normalized spacial score (nSPS) is 11.7. The zero-order valence-electron chi connectivity index (χ0n) is 15.4.